The lowest BCUT2D eigenvalue weighted by atomic mass is 9.77. The maximum Gasteiger partial charge on any atom is 0.0195 e. The van der Waals surface area contributed by atoms with Crippen LogP contribution in [-0.2, 0) is 0 Å². The molecule has 1 saturated heterocycles. The van der Waals surface area contributed by atoms with Crippen molar-refractivity contribution in [2.24, 2.45) is 11.8 Å². The number of rotatable bonds is 4. The molecule has 0 spiro atoms. The third-order valence-corrected chi connectivity index (χ3v) is 5.18. The first-order chi connectivity index (χ1) is 8.72. The van der Waals surface area contributed by atoms with Crippen LogP contribution in [0, 0.1) is 11.8 Å². The molecule has 106 valence electrons. The zero-order valence-corrected chi connectivity index (χ0v) is 12.6. The highest BCUT2D eigenvalue weighted by Gasteiger charge is 2.32. The van der Waals surface area contributed by atoms with E-state index in [4.69, 9.17) is 0 Å². The van der Waals surface area contributed by atoms with Crippen molar-refractivity contribution in [3.63, 3.8) is 0 Å². The van der Waals surface area contributed by atoms with E-state index in [0.29, 0.717) is 0 Å². The Morgan fingerprint density at radius 3 is 2.28 bits per heavy atom. The van der Waals surface area contributed by atoms with Gasteiger partial charge < -0.3 is 5.32 Å². The Labute approximate surface area is 114 Å². The van der Waals surface area contributed by atoms with Gasteiger partial charge in [0.25, 0.3) is 0 Å². The lowest BCUT2D eigenvalue weighted by molar-refractivity contribution is 0.0625. The highest BCUT2D eigenvalue weighted by molar-refractivity contribution is 4.87. The molecule has 0 aromatic rings. The summed E-state index contributed by atoms with van der Waals surface area (Å²) in [4.78, 5) is 2.78. The average Bonchev–Trinajstić information content (AvgIpc) is 2.38. The first kappa shape index (κ1) is 14.3. The van der Waals surface area contributed by atoms with E-state index in [1.165, 1.54) is 58.2 Å². The van der Waals surface area contributed by atoms with Crippen molar-refractivity contribution in [3.05, 3.63) is 0 Å². The molecule has 0 amide bonds. The Kier molecular flexibility index (Phi) is 5.50. The summed E-state index contributed by atoms with van der Waals surface area (Å²) in [5.74, 6) is 1.77. The van der Waals surface area contributed by atoms with E-state index in [-0.39, 0.29) is 0 Å². The molecule has 2 nitrogen and oxygen atoms in total. The van der Waals surface area contributed by atoms with Gasteiger partial charge in [-0.15, -0.1) is 0 Å². The number of nitrogens with zero attached hydrogens (tertiary/aromatic N) is 1. The van der Waals surface area contributed by atoms with E-state index in [2.05, 4.69) is 31.0 Å². The molecule has 1 N–H and O–H groups in total. The van der Waals surface area contributed by atoms with Crippen LogP contribution in [0.25, 0.3) is 0 Å². The molecule has 0 bridgehead atoms. The Bertz CT molecular complexity index is 225. The van der Waals surface area contributed by atoms with Gasteiger partial charge in [0.1, 0.15) is 0 Å². The molecular weight excluding hydrogens is 220 g/mol. The van der Waals surface area contributed by atoms with Gasteiger partial charge in [-0.2, -0.15) is 0 Å². The summed E-state index contributed by atoms with van der Waals surface area (Å²) < 4.78 is 0. The topological polar surface area (TPSA) is 15.3 Å². The van der Waals surface area contributed by atoms with Gasteiger partial charge in [0.05, 0.1) is 0 Å². The van der Waals surface area contributed by atoms with E-state index < -0.39 is 0 Å². The normalized spacial score (nSPS) is 38.0. The second-order valence-corrected chi connectivity index (χ2v) is 6.61. The number of hydrogen-bond donors (Lipinski definition) is 1. The van der Waals surface area contributed by atoms with Crippen molar-refractivity contribution in [1.82, 2.24) is 10.2 Å². The fourth-order valence-corrected chi connectivity index (χ4v) is 4.21. The minimum absolute atomic E-state index is 0.750. The fourth-order valence-electron chi connectivity index (χ4n) is 4.21. The molecule has 1 heterocycles. The highest BCUT2D eigenvalue weighted by atomic mass is 15.2. The summed E-state index contributed by atoms with van der Waals surface area (Å²) >= 11 is 0. The van der Waals surface area contributed by atoms with Gasteiger partial charge in [0, 0.05) is 18.6 Å². The van der Waals surface area contributed by atoms with Crippen LogP contribution in [0.1, 0.15) is 59.3 Å². The number of nitrogens with one attached hydrogen (secondary N) is 1. The van der Waals surface area contributed by atoms with Crippen LogP contribution in [0.5, 0.6) is 0 Å². The van der Waals surface area contributed by atoms with Gasteiger partial charge in [-0.25, -0.2) is 0 Å². The summed E-state index contributed by atoms with van der Waals surface area (Å²) in [7, 11) is 0. The van der Waals surface area contributed by atoms with Crippen LogP contribution in [0.2, 0.25) is 0 Å². The minimum atomic E-state index is 0.750. The van der Waals surface area contributed by atoms with Gasteiger partial charge in [-0.1, -0.05) is 33.6 Å². The molecule has 18 heavy (non-hydrogen) atoms. The molecule has 2 heteroatoms. The van der Waals surface area contributed by atoms with Gasteiger partial charge in [-0.05, 0) is 50.6 Å². The summed E-state index contributed by atoms with van der Waals surface area (Å²) in [5.41, 5.74) is 0. The fraction of sp³-hybridized carbons (Fsp3) is 1.00. The summed E-state index contributed by atoms with van der Waals surface area (Å²) in [6, 6.07) is 1.58. The van der Waals surface area contributed by atoms with Crippen molar-refractivity contribution >= 4 is 0 Å². The predicted octanol–water partition coefficient (Wildman–Crippen LogP) is 3.28. The lowest BCUT2D eigenvalue weighted by Crippen LogP contribution is -2.52. The van der Waals surface area contributed by atoms with Crippen LogP contribution in [0.3, 0.4) is 0 Å². The number of hydrogen-bond acceptors (Lipinski definition) is 2. The first-order valence-corrected chi connectivity index (χ1v) is 8.19. The quantitative estimate of drug-likeness (QED) is 0.826. The summed E-state index contributed by atoms with van der Waals surface area (Å²) in [5, 5.41) is 3.71. The maximum atomic E-state index is 3.71. The van der Waals surface area contributed by atoms with E-state index in [9.17, 15) is 0 Å². The molecule has 2 aliphatic rings. The van der Waals surface area contributed by atoms with Crippen molar-refractivity contribution in [1.29, 1.82) is 0 Å². The molecule has 2 fully saturated rings. The molecule has 0 aromatic carbocycles. The first-order valence-electron chi connectivity index (χ1n) is 8.19. The van der Waals surface area contributed by atoms with Gasteiger partial charge >= 0.3 is 0 Å². The van der Waals surface area contributed by atoms with Crippen LogP contribution in [0.4, 0.5) is 0 Å². The molecule has 0 radical (unpaired) electrons. The van der Waals surface area contributed by atoms with Crippen molar-refractivity contribution in [2.75, 3.05) is 19.6 Å². The van der Waals surface area contributed by atoms with Gasteiger partial charge in [-0.3, -0.25) is 4.90 Å². The second-order valence-electron chi connectivity index (χ2n) is 6.61. The van der Waals surface area contributed by atoms with E-state index >= 15 is 0 Å². The Morgan fingerprint density at radius 2 is 1.72 bits per heavy atom. The van der Waals surface area contributed by atoms with Gasteiger partial charge in [0.2, 0.25) is 0 Å². The molecule has 0 aromatic heterocycles. The van der Waals surface area contributed by atoms with Crippen LogP contribution < -0.4 is 5.32 Å². The van der Waals surface area contributed by atoms with Crippen molar-refractivity contribution < 1.29 is 0 Å². The number of likely N-dealkylation sites (N-methyl/N-ethyl adjacent to an activating group) is 1. The Balaban J connectivity index is 1.93. The zero-order chi connectivity index (χ0) is 13.0. The monoisotopic (exact) mass is 252 g/mol. The number of piperidine rings is 1. The highest BCUT2D eigenvalue weighted by Crippen LogP contribution is 2.32. The molecule has 1 aliphatic heterocycles. The molecule has 3 atom stereocenters. The van der Waals surface area contributed by atoms with Crippen LogP contribution in [-0.4, -0.2) is 36.6 Å². The minimum Gasteiger partial charge on any atom is -0.313 e. The van der Waals surface area contributed by atoms with Crippen molar-refractivity contribution in [3.8, 4) is 0 Å². The SMILES string of the molecule is CCN(CC1CCCCN1)C1C(C)CCCC1C. The Morgan fingerprint density at radius 1 is 1.00 bits per heavy atom. The molecule has 1 saturated carbocycles. The summed E-state index contributed by atoms with van der Waals surface area (Å²) in [6.45, 7) is 11.0. The molecule has 1 aliphatic carbocycles. The smallest absolute Gasteiger partial charge is 0.0195 e. The largest absolute Gasteiger partial charge is 0.313 e. The molecular formula is C16H32N2. The molecule has 2 rings (SSSR count). The van der Waals surface area contributed by atoms with Gasteiger partial charge in [0.15, 0.2) is 0 Å². The third-order valence-electron chi connectivity index (χ3n) is 5.18. The lowest BCUT2D eigenvalue weighted by Gasteiger charge is -2.44. The third kappa shape index (κ3) is 3.48. The maximum absolute atomic E-state index is 3.71. The average molecular weight is 252 g/mol. The van der Waals surface area contributed by atoms with E-state index in [0.717, 1.165) is 23.9 Å². The van der Waals surface area contributed by atoms with Crippen molar-refractivity contribution in [2.45, 2.75) is 71.4 Å². The summed E-state index contributed by atoms with van der Waals surface area (Å²) in [6.07, 6.45) is 8.49. The van der Waals surface area contributed by atoms with Crippen LogP contribution >= 0.6 is 0 Å². The molecule has 3 unspecified atom stereocenters. The standard InChI is InChI=1S/C16H32N2/c1-4-18(12-15-10-5-6-11-17-15)16-13(2)8-7-9-14(16)3/h13-17H,4-12H2,1-3H3. The Hall–Kier alpha value is -0.0800. The van der Waals surface area contributed by atoms with E-state index in [1.54, 1.807) is 0 Å². The zero-order valence-electron chi connectivity index (χ0n) is 12.6. The van der Waals surface area contributed by atoms with Crippen LogP contribution in [0.15, 0.2) is 0 Å². The predicted molar refractivity (Wildman–Crippen MR) is 78.9 cm³/mol. The second kappa shape index (κ2) is 6.91. The van der Waals surface area contributed by atoms with E-state index in [1.807, 2.05) is 0 Å².